The second-order valence-corrected chi connectivity index (χ2v) is 1.17. The largest absolute Gasteiger partial charge is 0.268 e. The van der Waals surface area contributed by atoms with E-state index in [2.05, 4.69) is 18.5 Å². The van der Waals surface area contributed by atoms with E-state index in [9.17, 15) is 4.79 Å². The van der Waals surface area contributed by atoms with Gasteiger partial charge in [-0.3, -0.25) is 4.79 Å². The van der Waals surface area contributed by atoms with E-state index in [0.717, 1.165) is 0 Å². The van der Waals surface area contributed by atoms with E-state index in [4.69, 9.17) is 0 Å². The molecule has 1 radical (unpaired) electrons. The third kappa shape index (κ3) is 3.15. The van der Waals surface area contributed by atoms with E-state index in [0.29, 0.717) is 6.54 Å². The fourth-order valence-electron chi connectivity index (χ4n) is 0.219. The molecule has 0 aromatic rings. The van der Waals surface area contributed by atoms with Crippen LogP contribution in [0.3, 0.4) is 0 Å². The van der Waals surface area contributed by atoms with Crippen LogP contribution >= 0.6 is 0 Å². The molecule has 0 saturated heterocycles. The number of amides is 1. The van der Waals surface area contributed by atoms with Gasteiger partial charge in [0.2, 0.25) is 0 Å². The molecule has 0 unspecified atom stereocenters. The normalized spacial score (nSPS) is 7.50. The molecule has 0 aliphatic rings. The van der Waals surface area contributed by atoms with Crippen molar-refractivity contribution in [3.05, 3.63) is 25.3 Å². The van der Waals surface area contributed by atoms with Crippen LogP contribution in [0.2, 0.25) is 0 Å². The molecule has 0 aliphatic heterocycles. The minimum atomic E-state index is -0.287. The standard InChI is InChI=1S/C6H8NO/c1-3-5-7-6(8)4-2/h3-4H,1-2,5H2. The zero-order valence-corrected chi connectivity index (χ0v) is 4.63. The first-order chi connectivity index (χ1) is 3.81. The molecule has 8 heavy (non-hydrogen) atoms. The maximum atomic E-state index is 10.2. The third-order valence-electron chi connectivity index (χ3n) is 0.551. The zero-order chi connectivity index (χ0) is 6.41. The minimum absolute atomic E-state index is 0.287. The average Bonchev–Trinajstić information content (AvgIpc) is 1.83. The highest BCUT2D eigenvalue weighted by atomic mass is 16.1. The van der Waals surface area contributed by atoms with Gasteiger partial charge in [-0.05, 0) is 6.08 Å². The van der Waals surface area contributed by atoms with Gasteiger partial charge in [0.25, 0.3) is 5.91 Å². The van der Waals surface area contributed by atoms with Crippen molar-refractivity contribution >= 4 is 5.91 Å². The Morgan fingerprint density at radius 1 is 1.62 bits per heavy atom. The number of rotatable bonds is 3. The highest BCUT2D eigenvalue weighted by Crippen LogP contribution is 1.68. The molecule has 0 bridgehead atoms. The van der Waals surface area contributed by atoms with Crippen molar-refractivity contribution in [3.8, 4) is 0 Å². The van der Waals surface area contributed by atoms with Crippen LogP contribution in [0.5, 0.6) is 0 Å². The summed E-state index contributed by atoms with van der Waals surface area (Å²) in [4.78, 5) is 10.2. The summed E-state index contributed by atoms with van der Waals surface area (Å²) < 4.78 is 0. The van der Waals surface area contributed by atoms with Crippen molar-refractivity contribution in [2.24, 2.45) is 0 Å². The lowest BCUT2D eigenvalue weighted by Gasteiger charge is -1.87. The quantitative estimate of drug-likeness (QED) is 0.384. The Hall–Kier alpha value is -1.05. The SMILES string of the molecule is C=CC[N]C(=O)C=C. The van der Waals surface area contributed by atoms with Gasteiger partial charge in [0.1, 0.15) is 0 Å². The van der Waals surface area contributed by atoms with E-state index >= 15 is 0 Å². The topological polar surface area (TPSA) is 31.2 Å². The molecule has 2 heteroatoms. The van der Waals surface area contributed by atoms with E-state index in [-0.39, 0.29) is 5.91 Å². The fraction of sp³-hybridized carbons (Fsp3) is 0.167. The van der Waals surface area contributed by atoms with Gasteiger partial charge in [-0.2, -0.15) is 0 Å². The van der Waals surface area contributed by atoms with Gasteiger partial charge in [-0.15, -0.1) is 6.58 Å². The van der Waals surface area contributed by atoms with Crippen molar-refractivity contribution in [1.82, 2.24) is 5.32 Å². The Balaban J connectivity index is 3.24. The Kier molecular flexibility index (Phi) is 3.58. The molecular weight excluding hydrogens is 102 g/mol. The van der Waals surface area contributed by atoms with Crippen LogP contribution in [0.4, 0.5) is 0 Å². The van der Waals surface area contributed by atoms with Gasteiger partial charge in [0.15, 0.2) is 0 Å². The molecule has 0 rings (SSSR count). The summed E-state index contributed by atoms with van der Waals surface area (Å²) in [6, 6.07) is 0. The first-order valence-electron chi connectivity index (χ1n) is 2.26. The molecular formula is C6H8NO. The highest BCUT2D eigenvalue weighted by Gasteiger charge is 1.88. The van der Waals surface area contributed by atoms with Crippen molar-refractivity contribution in [1.29, 1.82) is 0 Å². The van der Waals surface area contributed by atoms with Gasteiger partial charge < -0.3 is 0 Å². The molecule has 0 aliphatic carbocycles. The van der Waals surface area contributed by atoms with Crippen molar-refractivity contribution in [3.63, 3.8) is 0 Å². The zero-order valence-electron chi connectivity index (χ0n) is 4.63. The van der Waals surface area contributed by atoms with Crippen LogP contribution in [0.25, 0.3) is 0 Å². The molecule has 0 heterocycles. The van der Waals surface area contributed by atoms with Crippen LogP contribution in [0, 0.1) is 0 Å². The number of carbonyl (C=O) groups is 1. The summed E-state index contributed by atoms with van der Waals surface area (Å²) in [7, 11) is 0. The van der Waals surface area contributed by atoms with Gasteiger partial charge in [0, 0.05) is 0 Å². The van der Waals surface area contributed by atoms with Gasteiger partial charge in [0.05, 0.1) is 6.54 Å². The summed E-state index contributed by atoms with van der Waals surface area (Å²) in [5, 5.41) is 3.49. The first-order valence-corrected chi connectivity index (χ1v) is 2.26. The molecule has 0 saturated carbocycles. The highest BCUT2D eigenvalue weighted by molar-refractivity contribution is 5.86. The molecule has 0 aromatic carbocycles. The second kappa shape index (κ2) is 4.12. The maximum absolute atomic E-state index is 10.2. The Labute approximate surface area is 48.9 Å². The number of hydrogen-bond donors (Lipinski definition) is 0. The summed E-state index contributed by atoms with van der Waals surface area (Å²) in [5.74, 6) is -0.287. The predicted octanol–water partition coefficient (Wildman–Crippen LogP) is 0.489. The van der Waals surface area contributed by atoms with Gasteiger partial charge in [-0.1, -0.05) is 12.7 Å². The van der Waals surface area contributed by atoms with Crippen LogP contribution in [0.1, 0.15) is 0 Å². The van der Waals surface area contributed by atoms with Gasteiger partial charge >= 0.3 is 0 Å². The van der Waals surface area contributed by atoms with Crippen molar-refractivity contribution in [2.45, 2.75) is 0 Å². The smallest absolute Gasteiger partial charge is 0.264 e. The number of hydrogen-bond acceptors (Lipinski definition) is 1. The molecule has 0 spiro atoms. The molecule has 0 fully saturated rings. The van der Waals surface area contributed by atoms with Crippen LogP contribution in [0.15, 0.2) is 25.3 Å². The fourth-order valence-corrected chi connectivity index (χ4v) is 0.219. The maximum Gasteiger partial charge on any atom is 0.264 e. The second-order valence-electron chi connectivity index (χ2n) is 1.17. The van der Waals surface area contributed by atoms with E-state index in [1.54, 1.807) is 6.08 Å². The Bertz CT molecular complexity index is 107. The third-order valence-corrected chi connectivity index (χ3v) is 0.551. The molecule has 2 nitrogen and oxygen atoms in total. The average molecular weight is 110 g/mol. The van der Waals surface area contributed by atoms with Crippen LogP contribution in [-0.2, 0) is 4.79 Å². The molecule has 0 aromatic heterocycles. The number of carbonyl (C=O) groups excluding carboxylic acids is 1. The summed E-state index contributed by atoms with van der Waals surface area (Å²) >= 11 is 0. The Morgan fingerprint density at radius 2 is 2.25 bits per heavy atom. The molecule has 43 valence electrons. The molecule has 0 N–H and O–H groups in total. The van der Waals surface area contributed by atoms with E-state index in [1.807, 2.05) is 0 Å². The van der Waals surface area contributed by atoms with Crippen LogP contribution < -0.4 is 5.32 Å². The lowest BCUT2D eigenvalue weighted by atomic mass is 10.5. The van der Waals surface area contributed by atoms with Gasteiger partial charge in [-0.25, -0.2) is 5.32 Å². The summed E-state index contributed by atoms with van der Waals surface area (Å²) in [6.07, 6.45) is 2.73. The lowest BCUT2D eigenvalue weighted by Crippen LogP contribution is -2.11. The monoisotopic (exact) mass is 110 g/mol. The number of nitrogens with zero attached hydrogens (tertiary/aromatic N) is 1. The summed E-state index contributed by atoms with van der Waals surface area (Å²) in [5.41, 5.74) is 0. The molecule has 0 atom stereocenters. The van der Waals surface area contributed by atoms with Crippen molar-refractivity contribution < 1.29 is 4.79 Å². The van der Waals surface area contributed by atoms with Crippen LogP contribution in [-0.4, -0.2) is 12.5 Å². The van der Waals surface area contributed by atoms with E-state index in [1.165, 1.54) is 6.08 Å². The van der Waals surface area contributed by atoms with Crippen molar-refractivity contribution in [2.75, 3.05) is 6.54 Å². The predicted molar refractivity (Wildman–Crippen MR) is 32.4 cm³/mol. The lowest BCUT2D eigenvalue weighted by molar-refractivity contribution is -0.116. The minimum Gasteiger partial charge on any atom is -0.268 e. The molecule has 1 amide bonds. The first kappa shape index (κ1) is 6.95. The summed E-state index contributed by atoms with van der Waals surface area (Å²) in [6.45, 7) is 7.00. The Morgan fingerprint density at radius 3 is 2.62 bits per heavy atom. The van der Waals surface area contributed by atoms with E-state index < -0.39 is 0 Å².